The fraction of sp³-hybridized carbons (Fsp3) is 0.370. The number of nitrogens with two attached hydrogens (primary N) is 1. The Morgan fingerprint density at radius 1 is 1.12 bits per heavy atom. The van der Waals surface area contributed by atoms with Crippen molar-refractivity contribution in [1.82, 2.24) is 24.6 Å². The van der Waals surface area contributed by atoms with E-state index in [0.29, 0.717) is 11.8 Å². The Balaban J connectivity index is 1.41. The van der Waals surface area contributed by atoms with Gasteiger partial charge in [-0.3, -0.25) is 9.10 Å². The van der Waals surface area contributed by atoms with Crippen molar-refractivity contribution in [2.75, 3.05) is 0 Å². The van der Waals surface area contributed by atoms with Gasteiger partial charge < -0.3 is 11.1 Å². The van der Waals surface area contributed by atoms with Crippen molar-refractivity contribution in [2.24, 2.45) is 5.73 Å². The van der Waals surface area contributed by atoms with E-state index in [1.807, 2.05) is 26.0 Å². The van der Waals surface area contributed by atoms with Gasteiger partial charge in [0.1, 0.15) is 6.04 Å². The number of rotatable bonds is 6. The molecule has 0 bridgehead atoms. The van der Waals surface area contributed by atoms with Crippen LogP contribution in [0.25, 0.3) is 0 Å². The normalized spacial score (nSPS) is 19.9. The maximum absolute atomic E-state index is 13.4. The third-order valence-corrected chi connectivity index (χ3v) is 9.02. The first-order valence-electron chi connectivity index (χ1n) is 12.8. The summed E-state index contributed by atoms with van der Waals surface area (Å²) in [6.07, 6.45) is 1.75. The number of amides is 1. The van der Waals surface area contributed by atoms with E-state index in [9.17, 15) is 26.4 Å². The van der Waals surface area contributed by atoms with Crippen LogP contribution < -0.4 is 11.1 Å². The lowest BCUT2D eigenvalue weighted by atomic mass is 9.84. The van der Waals surface area contributed by atoms with E-state index in [-0.39, 0.29) is 12.5 Å². The fourth-order valence-electron chi connectivity index (χ4n) is 5.12. The van der Waals surface area contributed by atoms with Crippen LogP contribution in [-0.2, 0) is 39.4 Å². The molecule has 1 aromatic heterocycles. The van der Waals surface area contributed by atoms with Gasteiger partial charge in [0.05, 0.1) is 22.2 Å². The molecule has 0 fully saturated rings. The zero-order chi connectivity index (χ0) is 28.9. The molecular formula is C27H29F3N6O3S. The molecule has 5 rings (SSSR count). The molecule has 3 N–H and O–H groups in total. The lowest BCUT2D eigenvalue weighted by Gasteiger charge is -2.31. The Kier molecular flexibility index (Phi) is 6.99. The molecule has 1 amide bonds. The standard InChI is InChI=1S/C27H29F3N6O3S/c1-26(2,31)18-9-10-22-17(13-18)5-3-8-23(22)35-16-20(33-34-35)15-24-25(37)32-11-12-36(24)40(38,39)21-7-4-6-19(14-21)27(28,29)30/h4,6-7,9-14,16,23-24H,3,5,8,15,31H2,1-2H3,(H,32,37). The number of nitrogens with one attached hydrogen (secondary N) is 1. The molecular weight excluding hydrogens is 545 g/mol. The Hall–Kier alpha value is -3.71. The summed E-state index contributed by atoms with van der Waals surface area (Å²) < 4.78 is 68.9. The first kappa shape index (κ1) is 27.8. The van der Waals surface area contributed by atoms with Crippen LogP contribution in [0.3, 0.4) is 0 Å². The van der Waals surface area contributed by atoms with Crippen molar-refractivity contribution in [3.05, 3.63) is 89.0 Å². The number of hydrogen-bond acceptors (Lipinski definition) is 6. The second-order valence-corrected chi connectivity index (χ2v) is 12.5. The largest absolute Gasteiger partial charge is 0.416 e. The summed E-state index contributed by atoms with van der Waals surface area (Å²) in [6, 6.07) is 8.23. The SMILES string of the molecule is CC(C)(N)c1ccc2c(c1)CCCC2n1cc(CC2C(=O)NC=CN2S(=O)(=O)c2cccc(C(F)(F)F)c2)nn1. The molecule has 2 atom stereocenters. The molecule has 2 aromatic carbocycles. The molecule has 0 saturated carbocycles. The maximum Gasteiger partial charge on any atom is 0.416 e. The summed E-state index contributed by atoms with van der Waals surface area (Å²) >= 11 is 0. The number of aromatic nitrogens is 3. The average Bonchev–Trinajstić information content (AvgIpc) is 3.36. The molecule has 3 aromatic rings. The van der Waals surface area contributed by atoms with E-state index in [1.165, 1.54) is 5.56 Å². The van der Waals surface area contributed by atoms with Crippen LogP contribution in [0.1, 0.15) is 60.7 Å². The summed E-state index contributed by atoms with van der Waals surface area (Å²) in [5, 5.41) is 11.0. The Labute approximate surface area is 229 Å². The molecule has 0 radical (unpaired) electrons. The highest BCUT2D eigenvalue weighted by molar-refractivity contribution is 7.89. The molecule has 9 nitrogen and oxygen atoms in total. The topological polar surface area (TPSA) is 123 Å². The minimum atomic E-state index is -4.72. The number of hydrogen-bond donors (Lipinski definition) is 2. The Morgan fingerprint density at radius 3 is 2.62 bits per heavy atom. The Bertz CT molecular complexity index is 1580. The first-order valence-corrected chi connectivity index (χ1v) is 14.2. The van der Waals surface area contributed by atoms with E-state index in [1.54, 1.807) is 10.9 Å². The molecule has 13 heteroatoms. The van der Waals surface area contributed by atoms with Gasteiger partial charge in [0, 0.05) is 30.6 Å². The molecule has 1 aliphatic heterocycles. The lowest BCUT2D eigenvalue weighted by molar-refractivity contribution is -0.137. The molecule has 0 saturated heterocycles. The number of halogens is 3. The van der Waals surface area contributed by atoms with E-state index in [2.05, 4.69) is 21.7 Å². The van der Waals surface area contributed by atoms with E-state index >= 15 is 0 Å². The van der Waals surface area contributed by atoms with Crippen LogP contribution in [0.5, 0.6) is 0 Å². The van der Waals surface area contributed by atoms with Gasteiger partial charge in [-0.2, -0.15) is 13.2 Å². The van der Waals surface area contributed by atoms with Crippen LogP contribution in [0.15, 0.2) is 66.0 Å². The van der Waals surface area contributed by atoms with Gasteiger partial charge in [-0.1, -0.05) is 29.5 Å². The van der Waals surface area contributed by atoms with Crippen LogP contribution >= 0.6 is 0 Å². The number of fused-ring (bicyclic) bond motifs is 1. The molecule has 0 spiro atoms. The molecule has 2 aliphatic rings. The van der Waals surface area contributed by atoms with Crippen molar-refractivity contribution in [2.45, 2.75) is 68.2 Å². The van der Waals surface area contributed by atoms with Gasteiger partial charge in [-0.15, -0.1) is 5.10 Å². The second kappa shape index (κ2) is 10.0. The summed E-state index contributed by atoms with van der Waals surface area (Å²) in [5.41, 5.74) is 8.38. The number of nitrogens with zero attached hydrogens (tertiary/aromatic N) is 4. The quantitative estimate of drug-likeness (QED) is 0.464. The summed E-state index contributed by atoms with van der Waals surface area (Å²) in [6.45, 7) is 3.90. The number of alkyl halides is 3. The number of carbonyl (C=O) groups is 1. The highest BCUT2D eigenvalue weighted by Crippen LogP contribution is 2.35. The molecule has 1 aliphatic carbocycles. The first-order chi connectivity index (χ1) is 18.7. The molecule has 2 unspecified atom stereocenters. The van der Waals surface area contributed by atoms with Crippen LogP contribution in [0.4, 0.5) is 13.2 Å². The number of carbonyl (C=O) groups excluding carboxylic acids is 1. The predicted molar refractivity (Wildman–Crippen MR) is 140 cm³/mol. The number of benzene rings is 2. The smallest absolute Gasteiger partial charge is 0.329 e. The molecule has 40 heavy (non-hydrogen) atoms. The van der Waals surface area contributed by atoms with Crippen molar-refractivity contribution in [3.63, 3.8) is 0 Å². The lowest BCUT2D eigenvalue weighted by Crippen LogP contribution is -2.50. The minimum Gasteiger partial charge on any atom is -0.329 e. The predicted octanol–water partition coefficient (Wildman–Crippen LogP) is 3.62. The molecule has 212 valence electrons. The van der Waals surface area contributed by atoms with E-state index < -0.39 is 44.1 Å². The van der Waals surface area contributed by atoms with Crippen LogP contribution in [-0.4, -0.2) is 39.7 Å². The third kappa shape index (κ3) is 5.35. The second-order valence-electron chi connectivity index (χ2n) is 10.6. The van der Waals surface area contributed by atoms with Crippen molar-refractivity contribution >= 4 is 15.9 Å². The summed E-state index contributed by atoms with van der Waals surface area (Å²) in [4.78, 5) is 12.2. The third-order valence-electron chi connectivity index (χ3n) is 7.24. The fourth-order valence-corrected chi connectivity index (χ4v) is 6.61. The zero-order valence-corrected chi connectivity index (χ0v) is 22.7. The summed E-state index contributed by atoms with van der Waals surface area (Å²) in [5.74, 6) is -0.632. The van der Waals surface area contributed by atoms with Gasteiger partial charge in [0.2, 0.25) is 5.91 Å². The van der Waals surface area contributed by atoms with Crippen LogP contribution in [0, 0.1) is 0 Å². The van der Waals surface area contributed by atoms with Crippen molar-refractivity contribution in [3.8, 4) is 0 Å². The van der Waals surface area contributed by atoms with Gasteiger partial charge in [-0.05, 0) is 68.0 Å². The number of sulfonamides is 1. The van der Waals surface area contributed by atoms with Crippen LogP contribution in [0.2, 0.25) is 0 Å². The highest BCUT2D eigenvalue weighted by Gasteiger charge is 2.38. The van der Waals surface area contributed by atoms with Gasteiger partial charge in [0.25, 0.3) is 10.0 Å². The highest BCUT2D eigenvalue weighted by atomic mass is 32.2. The minimum absolute atomic E-state index is 0.0926. The molecule has 2 heterocycles. The maximum atomic E-state index is 13.4. The van der Waals surface area contributed by atoms with Crippen molar-refractivity contribution < 1.29 is 26.4 Å². The van der Waals surface area contributed by atoms with Crippen molar-refractivity contribution in [1.29, 1.82) is 0 Å². The zero-order valence-electron chi connectivity index (χ0n) is 21.9. The monoisotopic (exact) mass is 574 g/mol. The number of aryl methyl sites for hydroxylation is 1. The van der Waals surface area contributed by atoms with E-state index in [4.69, 9.17) is 5.73 Å². The summed E-state index contributed by atoms with van der Waals surface area (Å²) in [7, 11) is -4.50. The Morgan fingerprint density at radius 2 is 1.90 bits per heavy atom. The van der Waals surface area contributed by atoms with Gasteiger partial charge >= 0.3 is 6.18 Å². The van der Waals surface area contributed by atoms with Gasteiger partial charge in [-0.25, -0.2) is 13.1 Å². The van der Waals surface area contributed by atoms with Gasteiger partial charge in [0.15, 0.2) is 0 Å². The average molecular weight is 575 g/mol. The van der Waals surface area contributed by atoms with E-state index in [0.717, 1.165) is 65.3 Å².